The van der Waals surface area contributed by atoms with Crippen molar-refractivity contribution in [2.45, 2.75) is 26.4 Å². The van der Waals surface area contributed by atoms with Gasteiger partial charge >= 0.3 is 5.97 Å². The molecule has 0 aliphatic rings. The number of carboxylic acid groups (broad SMARTS) is 1. The van der Waals surface area contributed by atoms with Gasteiger partial charge in [-0.1, -0.05) is 37.3 Å². The summed E-state index contributed by atoms with van der Waals surface area (Å²) in [5.41, 5.74) is 1.56. The molecule has 0 aliphatic carbocycles. The number of carbonyl (C=O) groups excluding carboxylic acids is 1. The molecule has 0 saturated carbocycles. The average Bonchev–Trinajstić information content (AvgIpc) is 2.57. The van der Waals surface area contributed by atoms with Crippen molar-refractivity contribution in [3.8, 4) is 5.75 Å². The van der Waals surface area contributed by atoms with E-state index in [1.807, 2.05) is 30.3 Å². The number of rotatable bonds is 7. The van der Waals surface area contributed by atoms with E-state index in [1.54, 1.807) is 38.1 Å². The quantitative estimate of drug-likeness (QED) is 0.817. The topological polar surface area (TPSA) is 75.6 Å². The van der Waals surface area contributed by atoms with E-state index in [4.69, 9.17) is 9.84 Å². The Kier molecular flexibility index (Phi) is 5.95. The van der Waals surface area contributed by atoms with Crippen molar-refractivity contribution in [2.75, 3.05) is 5.32 Å². The molecule has 0 heterocycles. The summed E-state index contributed by atoms with van der Waals surface area (Å²) in [5.74, 6) is -0.868. The van der Waals surface area contributed by atoms with Crippen LogP contribution in [-0.4, -0.2) is 23.1 Å². The van der Waals surface area contributed by atoms with E-state index in [-0.39, 0.29) is 5.91 Å². The second-order valence-corrected chi connectivity index (χ2v) is 5.70. The summed E-state index contributed by atoms with van der Waals surface area (Å²) < 4.78 is 5.57. The van der Waals surface area contributed by atoms with Crippen LogP contribution in [0.3, 0.4) is 0 Å². The number of amides is 1. The molecule has 5 heteroatoms. The highest BCUT2D eigenvalue weighted by Gasteiger charge is 2.15. The summed E-state index contributed by atoms with van der Waals surface area (Å²) in [6.45, 7) is 3.35. The Morgan fingerprint density at radius 1 is 1.04 bits per heavy atom. The van der Waals surface area contributed by atoms with Gasteiger partial charge in [0.15, 0.2) is 6.10 Å². The minimum Gasteiger partial charge on any atom is -0.481 e. The van der Waals surface area contributed by atoms with E-state index in [0.29, 0.717) is 17.9 Å². The molecule has 0 aliphatic heterocycles. The number of para-hydroxylation sites is 1. The molecule has 5 nitrogen and oxygen atoms in total. The number of aliphatic carboxylic acids is 1. The van der Waals surface area contributed by atoms with Crippen LogP contribution in [-0.2, 0) is 16.0 Å². The molecule has 2 aromatic carbocycles. The Labute approximate surface area is 141 Å². The van der Waals surface area contributed by atoms with Crippen molar-refractivity contribution in [2.24, 2.45) is 5.92 Å². The van der Waals surface area contributed by atoms with Crippen LogP contribution in [0.4, 0.5) is 5.69 Å². The molecule has 0 saturated heterocycles. The van der Waals surface area contributed by atoms with Crippen LogP contribution >= 0.6 is 0 Å². The fourth-order valence-corrected chi connectivity index (χ4v) is 2.17. The lowest BCUT2D eigenvalue weighted by atomic mass is 10.0. The Hall–Kier alpha value is -2.82. The van der Waals surface area contributed by atoms with Crippen LogP contribution in [0.1, 0.15) is 19.4 Å². The minimum absolute atomic E-state index is 0.245. The number of nitrogens with one attached hydrogen (secondary N) is 1. The zero-order valence-electron chi connectivity index (χ0n) is 13.7. The van der Waals surface area contributed by atoms with E-state index in [1.165, 1.54) is 0 Å². The largest absolute Gasteiger partial charge is 0.481 e. The van der Waals surface area contributed by atoms with Crippen LogP contribution in [0.5, 0.6) is 5.75 Å². The average molecular weight is 327 g/mol. The molecule has 2 rings (SSSR count). The van der Waals surface area contributed by atoms with Crippen molar-refractivity contribution < 1.29 is 19.4 Å². The van der Waals surface area contributed by atoms with Gasteiger partial charge in [0, 0.05) is 5.69 Å². The molecule has 2 unspecified atom stereocenters. The lowest BCUT2D eigenvalue weighted by molar-refractivity contribution is -0.141. The van der Waals surface area contributed by atoms with Crippen LogP contribution in [0.25, 0.3) is 0 Å². The Morgan fingerprint density at radius 3 is 2.25 bits per heavy atom. The third kappa shape index (κ3) is 5.12. The van der Waals surface area contributed by atoms with Gasteiger partial charge in [0.05, 0.1) is 5.92 Å². The van der Waals surface area contributed by atoms with Gasteiger partial charge in [0.25, 0.3) is 5.91 Å². The maximum Gasteiger partial charge on any atom is 0.306 e. The molecule has 0 fully saturated rings. The monoisotopic (exact) mass is 327 g/mol. The summed E-state index contributed by atoms with van der Waals surface area (Å²) in [4.78, 5) is 23.0. The van der Waals surface area contributed by atoms with Gasteiger partial charge in [-0.15, -0.1) is 0 Å². The van der Waals surface area contributed by atoms with E-state index < -0.39 is 18.0 Å². The van der Waals surface area contributed by atoms with Crippen LogP contribution < -0.4 is 10.1 Å². The first kappa shape index (κ1) is 17.5. The number of anilines is 1. The SMILES string of the molecule is CC(Cc1ccc(NC(=O)C(C)Oc2ccccc2)cc1)C(=O)O. The fraction of sp³-hybridized carbons (Fsp3) is 0.263. The van der Waals surface area contributed by atoms with Crippen LogP contribution in [0.2, 0.25) is 0 Å². The second-order valence-electron chi connectivity index (χ2n) is 5.70. The number of hydrogen-bond acceptors (Lipinski definition) is 3. The zero-order chi connectivity index (χ0) is 17.5. The second kappa shape index (κ2) is 8.15. The van der Waals surface area contributed by atoms with E-state index in [2.05, 4.69) is 5.32 Å². The van der Waals surface area contributed by atoms with Crippen LogP contribution in [0, 0.1) is 5.92 Å². The van der Waals surface area contributed by atoms with E-state index in [9.17, 15) is 9.59 Å². The first-order valence-electron chi connectivity index (χ1n) is 7.80. The van der Waals surface area contributed by atoms with Crippen molar-refractivity contribution in [3.05, 3.63) is 60.2 Å². The van der Waals surface area contributed by atoms with E-state index in [0.717, 1.165) is 5.56 Å². The standard InChI is InChI=1S/C19H21NO4/c1-13(19(22)23)12-15-8-10-16(11-9-15)20-18(21)14(2)24-17-6-4-3-5-7-17/h3-11,13-14H,12H2,1-2H3,(H,20,21)(H,22,23). The molecule has 24 heavy (non-hydrogen) atoms. The van der Waals surface area contributed by atoms with Gasteiger partial charge in [-0.3, -0.25) is 9.59 Å². The molecule has 1 amide bonds. The van der Waals surface area contributed by atoms with Crippen LogP contribution in [0.15, 0.2) is 54.6 Å². The molecule has 2 aromatic rings. The van der Waals surface area contributed by atoms with Crippen molar-refractivity contribution in [1.29, 1.82) is 0 Å². The van der Waals surface area contributed by atoms with Gasteiger partial charge in [0.2, 0.25) is 0 Å². The summed E-state index contributed by atoms with van der Waals surface area (Å²) in [6, 6.07) is 16.3. The van der Waals surface area contributed by atoms with Gasteiger partial charge in [-0.2, -0.15) is 0 Å². The Bertz CT molecular complexity index is 682. The lowest BCUT2D eigenvalue weighted by Crippen LogP contribution is -2.30. The van der Waals surface area contributed by atoms with Gasteiger partial charge in [-0.05, 0) is 43.2 Å². The highest BCUT2D eigenvalue weighted by atomic mass is 16.5. The number of hydrogen-bond donors (Lipinski definition) is 2. The number of carboxylic acids is 1. The molecule has 126 valence electrons. The van der Waals surface area contributed by atoms with Crippen molar-refractivity contribution >= 4 is 17.6 Å². The van der Waals surface area contributed by atoms with Gasteiger partial charge < -0.3 is 15.2 Å². The molecule has 0 spiro atoms. The first-order chi connectivity index (χ1) is 11.5. The van der Waals surface area contributed by atoms with E-state index >= 15 is 0 Å². The lowest BCUT2D eigenvalue weighted by Gasteiger charge is -2.15. The molecular formula is C19H21NO4. The summed E-state index contributed by atoms with van der Waals surface area (Å²) in [6.07, 6.45) is -0.170. The predicted molar refractivity (Wildman–Crippen MR) is 92.1 cm³/mol. The predicted octanol–water partition coefficient (Wildman–Crippen LogP) is 3.36. The highest BCUT2D eigenvalue weighted by molar-refractivity contribution is 5.94. The molecule has 0 radical (unpaired) electrons. The van der Waals surface area contributed by atoms with Crippen molar-refractivity contribution in [3.63, 3.8) is 0 Å². The Morgan fingerprint density at radius 2 is 1.67 bits per heavy atom. The normalized spacial score (nSPS) is 12.9. The molecule has 2 atom stereocenters. The molecular weight excluding hydrogens is 306 g/mol. The van der Waals surface area contributed by atoms with Crippen molar-refractivity contribution in [1.82, 2.24) is 0 Å². The van der Waals surface area contributed by atoms with Gasteiger partial charge in [-0.25, -0.2) is 0 Å². The maximum atomic E-state index is 12.2. The number of ether oxygens (including phenoxy) is 1. The maximum absolute atomic E-state index is 12.2. The number of carbonyl (C=O) groups is 2. The third-order valence-corrected chi connectivity index (χ3v) is 3.61. The molecule has 2 N–H and O–H groups in total. The molecule has 0 bridgehead atoms. The smallest absolute Gasteiger partial charge is 0.306 e. The minimum atomic E-state index is -0.820. The summed E-state index contributed by atoms with van der Waals surface area (Å²) in [5, 5.41) is 11.7. The molecule has 0 aromatic heterocycles. The fourth-order valence-electron chi connectivity index (χ4n) is 2.17. The Balaban J connectivity index is 1.90. The first-order valence-corrected chi connectivity index (χ1v) is 7.80. The summed E-state index contributed by atoms with van der Waals surface area (Å²) in [7, 11) is 0. The number of benzene rings is 2. The van der Waals surface area contributed by atoms with Gasteiger partial charge in [0.1, 0.15) is 5.75 Å². The highest BCUT2D eigenvalue weighted by Crippen LogP contribution is 2.15. The summed E-state index contributed by atoms with van der Waals surface area (Å²) >= 11 is 0. The third-order valence-electron chi connectivity index (χ3n) is 3.61. The zero-order valence-corrected chi connectivity index (χ0v) is 13.7.